The molecular weight excluding hydrogens is 462 g/mol. The Hall–Kier alpha value is -2.59. The van der Waals surface area contributed by atoms with Crippen molar-refractivity contribution in [1.82, 2.24) is 9.78 Å². The van der Waals surface area contributed by atoms with Crippen LogP contribution in [-0.2, 0) is 17.5 Å². The fourth-order valence-electron chi connectivity index (χ4n) is 3.23. The highest BCUT2D eigenvalue weighted by Gasteiger charge is 2.34. The number of carbonyl (C=O) groups excluding carboxylic acids is 1. The highest BCUT2D eigenvalue weighted by molar-refractivity contribution is 8.41. The molecule has 0 unspecified atom stereocenters. The summed E-state index contributed by atoms with van der Waals surface area (Å²) in [6.45, 7) is 1.90. The molecule has 1 amide bonds. The van der Waals surface area contributed by atoms with E-state index in [0.717, 1.165) is 34.2 Å². The lowest BCUT2D eigenvalue weighted by molar-refractivity contribution is -0.138. The maximum absolute atomic E-state index is 13.4. The number of halogens is 4. The van der Waals surface area contributed by atoms with Crippen LogP contribution in [0.1, 0.15) is 30.0 Å². The molecule has 166 valence electrons. The van der Waals surface area contributed by atoms with Gasteiger partial charge in [-0.3, -0.25) is 9.48 Å². The molecule has 0 atom stereocenters. The molecule has 0 N–H and O–H groups in total. The Kier molecular flexibility index (Phi) is 6.43. The van der Waals surface area contributed by atoms with Crippen molar-refractivity contribution in [3.8, 4) is 0 Å². The van der Waals surface area contributed by atoms with Crippen LogP contribution in [-0.4, -0.2) is 25.8 Å². The van der Waals surface area contributed by atoms with Crippen LogP contribution in [0.3, 0.4) is 0 Å². The molecule has 0 saturated heterocycles. The third kappa shape index (κ3) is 4.91. The average Bonchev–Trinajstić information content (AvgIpc) is 3.30. The van der Waals surface area contributed by atoms with Gasteiger partial charge < -0.3 is 0 Å². The SMILES string of the molecule is CCCSC1=NC(=O)/C(=C/c2ccc3c(cnn3Cc3ccc(F)cc3C(F)(F)F)c2)S1. The second kappa shape index (κ2) is 9.11. The van der Waals surface area contributed by atoms with Crippen molar-refractivity contribution >= 4 is 50.8 Å². The van der Waals surface area contributed by atoms with Gasteiger partial charge in [0.2, 0.25) is 0 Å². The Bertz CT molecular complexity index is 1250. The first-order chi connectivity index (χ1) is 15.2. The Labute approximate surface area is 189 Å². The lowest BCUT2D eigenvalue weighted by Gasteiger charge is -2.13. The molecule has 0 bridgehead atoms. The zero-order valence-corrected chi connectivity index (χ0v) is 18.5. The van der Waals surface area contributed by atoms with Gasteiger partial charge in [-0.15, -0.1) is 0 Å². The number of nitrogens with zero attached hydrogens (tertiary/aromatic N) is 3. The summed E-state index contributed by atoms with van der Waals surface area (Å²) in [5.74, 6) is -0.328. The third-order valence-corrected chi connectivity index (χ3v) is 7.02. The molecule has 1 aromatic heterocycles. The van der Waals surface area contributed by atoms with Crippen LogP contribution >= 0.6 is 23.5 Å². The molecule has 0 aliphatic carbocycles. The van der Waals surface area contributed by atoms with Gasteiger partial charge in [-0.25, -0.2) is 4.39 Å². The van der Waals surface area contributed by atoms with Crippen molar-refractivity contribution in [2.24, 2.45) is 4.99 Å². The zero-order chi connectivity index (χ0) is 22.9. The van der Waals surface area contributed by atoms with Crippen molar-refractivity contribution < 1.29 is 22.4 Å². The van der Waals surface area contributed by atoms with Crippen LogP contribution in [0.25, 0.3) is 17.0 Å². The summed E-state index contributed by atoms with van der Waals surface area (Å²) in [5, 5.41) is 4.92. The molecule has 2 aromatic carbocycles. The summed E-state index contributed by atoms with van der Waals surface area (Å²) in [5.41, 5.74) is 0.307. The lowest BCUT2D eigenvalue weighted by atomic mass is 10.1. The molecule has 3 aromatic rings. The number of hydrogen-bond acceptors (Lipinski definition) is 4. The average molecular weight is 480 g/mol. The Morgan fingerprint density at radius 2 is 2.00 bits per heavy atom. The van der Waals surface area contributed by atoms with E-state index in [9.17, 15) is 22.4 Å². The van der Waals surface area contributed by atoms with Gasteiger partial charge in [0.05, 0.1) is 28.7 Å². The van der Waals surface area contributed by atoms with Gasteiger partial charge >= 0.3 is 6.18 Å². The number of aromatic nitrogens is 2. The second-order valence-corrected chi connectivity index (χ2v) is 9.43. The first-order valence-corrected chi connectivity index (χ1v) is 11.5. The van der Waals surface area contributed by atoms with E-state index in [0.29, 0.717) is 21.9 Å². The summed E-state index contributed by atoms with van der Waals surface area (Å²) >= 11 is 2.88. The smallest absolute Gasteiger partial charge is 0.266 e. The molecule has 4 nitrogen and oxygen atoms in total. The minimum atomic E-state index is -4.67. The highest BCUT2D eigenvalue weighted by atomic mass is 32.2. The standard InChI is InChI=1S/C22H17F4N3OS2/c1-2-7-31-21-28-20(30)19(32-21)9-13-3-6-18-15(8-13)11-27-29(18)12-14-4-5-16(23)10-17(14)22(24,25)26/h3-6,8-11H,2,7,12H2,1H3/b19-9-. The summed E-state index contributed by atoms with van der Waals surface area (Å²) in [7, 11) is 0. The second-order valence-electron chi connectivity index (χ2n) is 7.06. The number of carbonyl (C=O) groups is 1. The van der Waals surface area contributed by atoms with Crippen molar-refractivity contribution in [2.45, 2.75) is 26.1 Å². The van der Waals surface area contributed by atoms with E-state index >= 15 is 0 Å². The van der Waals surface area contributed by atoms with Crippen molar-refractivity contribution in [3.63, 3.8) is 0 Å². The molecule has 10 heteroatoms. The molecule has 0 fully saturated rings. The summed E-state index contributed by atoms with van der Waals surface area (Å²) in [4.78, 5) is 16.7. The van der Waals surface area contributed by atoms with Crippen molar-refractivity contribution in [3.05, 3.63) is 70.0 Å². The fraction of sp³-hybridized carbons (Fsp3) is 0.227. The maximum Gasteiger partial charge on any atom is 0.416 e. The molecule has 0 saturated carbocycles. The first-order valence-electron chi connectivity index (χ1n) is 9.71. The zero-order valence-electron chi connectivity index (χ0n) is 16.8. The fourth-order valence-corrected chi connectivity index (χ4v) is 5.15. The summed E-state index contributed by atoms with van der Waals surface area (Å²) in [6, 6.07) is 7.95. The maximum atomic E-state index is 13.4. The minimum absolute atomic E-state index is 0.0719. The normalized spacial score (nSPS) is 15.7. The molecule has 0 spiro atoms. The Morgan fingerprint density at radius 1 is 1.19 bits per heavy atom. The number of fused-ring (bicyclic) bond motifs is 1. The molecule has 2 heterocycles. The van der Waals surface area contributed by atoms with Gasteiger partial charge in [-0.1, -0.05) is 42.6 Å². The number of alkyl halides is 3. The number of rotatable bonds is 5. The van der Waals surface area contributed by atoms with Gasteiger partial charge in [0, 0.05) is 5.39 Å². The molecule has 1 aliphatic heterocycles. The number of thioether (sulfide) groups is 2. The quantitative estimate of drug-likeness (QED) is 0.316. The summed E-state index contributed by atoms with van der Waals surface area (Å²) in [6.07, 6.45) is -0.382. The minimum Gasteiger partial charge on any atom is -0.266 e. The van der Waals surface area contributed by atoms with E-state index in [4.69, 9.17) is 0 Å². The van der Waals surface area contributed by atoms with E-state index in [-0.39, 0.29) is 18.0 Å². The number of aliphatic imine (C=N–C) groups is 1. The Morgan fingerprint density at radius 3 is 2.75 bits per heavy atom. The van der Waals surface area contributed by atoms with Crippen molar-refractivity contribution in [1.29, 1.82) is 0 Å². The first kappa shape index (κ1) is 22.6. The Balaban J connectivity index is 1.58. The van der Waals surface area contributed by atoms with Gasteiger partial charge in [0.25, 0.3) is 5.91 Å². The van der Waals surface area contributed by atoms with Crippen LogP contribution in [0.15, 0.2) is 52.5 Å². The number of hydrogen-bond donors (Lipinski definition) is 0. The van der Waals surface area contributed by atoms with Crippen molar-refractivity contribution in [2.75, 3.05) is 5.75 Å². The van der Waals surface area contributed by atoms with Crippen LogP contribution in [0.5, 0.6) is 0 Å². The topological polar surface area (TPSA) is 47.2 Å². The lowest BCUT2D eigenvalue weighted by Crippen LogP contribution is -2.13. The third-order valence-electron chi connectivity index (χ3n) is 4.69. The van der Waals surface area contributed by atoms with E-state index < -0.39 is 17.6 Å². The predicted molar refractivity (Wildman–Crippen MR) is 121 cm³/mol. The van der Waals surface area contributed by atoms with E-state index in [2.05, 4.69) is 17.0 Å². The van der Waals surface area contributed by atoms with Crippen LogP contribution < -0.4 is 0 Å². The molecular formula is C22H17F4N3OS2. The van der Waals surface area contributed by atoms with E-state index in [1.807, 2.05) is 6.07 Å². The molecule has 4 rings (SSSR count). The van der Waals surface area contributed by atoms with Gasteiger partial charge in [-0.05, 0) is 53.6 Å². The monoisotopic (exact) mass is 479 g/mol. The van der Waals surface area contributed by atoms with E-state index in [1.54, 1.807) is 36.2 Å². The number of benzene rings is 2. The summed E-state index contributed by atoms with van der Waals surface area (Å²) < 4.78 is 55.4. The number of amides is 1. The largest absolute Gasteiger partial charge is 0.416 e. The predicted octanol–water partition coefficient (Wildman–Crippen LogP) is 6.36. The molecule has 32 heavy (non-hydrogen) atoms. The van der Waals surface area contributed by atoms with Gasteiger partial charge in [0.1, 0.15) is 10.2 Å². The van der Waals surface area contributed by atoms with E-state index in [1.165, 1.54) is 16.4 Å². The molecule has 1 aliphatic rings. The van der Waals surface area contributed by atoms with Crippen LogP contribution in [0, 0.1) is 5.82 Å². The van der Waals surface area contributed by atoms with Crippen LogP contribution in [0.2, 0.25) is 0 Å². The highest BCUT2D eigenvalue weighted by Crippen LogP contribution is 2.35. The van der Waals surface area contributed by atoms with Crippen LogP contribution in [0.4, 0.5) is 17.6 Å². The molecule has 0 radical (unpaired) electrons. The van der Waals surface area contributed by atoms with Gasteiger partial charge in [0.15, 0.2) is 0 Å². The van der Waals surface area contributed by atoms with Gasteiger partial charge in [-0.2, -0.15) is 23.3 Å².